The lowest BCUT2D eigenvalue weighted by atomic mass is 10.1. The highest BCUT2D eigenvalue weighted by Crippen LogP contribution is 2.23. The van der Waals surface area contributed by atoms with E-state index < -0.39 is 4.92 Å². The highest BCUT2D eigenvalue weighted by Gasteiger charge is 2.16. The highest BCUT2D eigenvalue weighted by molar-refractivity contribution is 5.97. The number of amides is 1. The summed E-state index contributed by atoms with van der Waals surface area (Å²) >= 11 is 0. The van der Waals surface area contributed by atoms with Crippen LogP contribution in [0.2, 0.25) is 0 Å². The number of hydrogen-bond acceptors (Lipinski definition) is 5. The molecule has 0 spiro atoms. The first-order valence-electron chi connectivity index (χ1n) is 6.21. The molecule has 0 heterocycles. The van der Waals surface area contributed by atoms with Crippen LogP contribution in [-0.2, 0) is 0 Å². The number of benzene rings is 1. The zero-order valence-corrected chi connectivity index (χ0v) is 11.9. The van der Waals surface area contributed by atoms with E-state index in [0.29, 0.717) is 12.3 Å². The lowest BCUT2D eigenvalue weighted by Gasteiger charge is -2.11. The molecule has 7 nitrogen and oxygen atoms in total. The van der Waals surface area contributed by atoms with Gasteiger partial charge < -0.3 is 15.0 Å². The molecule has 0 aliphatic carbocycles. The number of carbonyl (C=O) groups excluding carboxylic acids is 1. The fourth-order valence-corrected chi connectivity index (χ4v) is 1.68. The minimum absolute atomic E-state index is 0.135. The van der Waals surface area contributed by atoms with E-state index in [1.54, 1.807) is 0 Å². The van der Waals surface area contributed by atoms with Gasteiger partial charge in [0.15, 0.2) is 0 Å². The number of nitrogens with one attached hydrogen (secondary N) is 1. The average Bonchev–Trinajstić information content (AvgIpc) is 2.42. The first kappa shape index (κ1) is 15.9. The van der Waals surface area contributed by atoms with Crippen molar-refractivity contribution < 1.29 is 14.5 Å². The fourth-order valence-electron chi connectivity index (χ4n) is 1.68. The molecule has 1 aromatic rings. The predicted octanol–water partition coefficient (Wildman–Crippen LogP) is 1.28. The maximum absolute atomic E-state index is 12.0. The molecule has 0 aliphatic heterocycles. The normalized spacial score (nSPS) is 10.4. The molecule has 1 amide bonds. The summed E-state index contributed by atoms with van der Waals surface area (Å²) in [7, 11) is 5.32. The summed E-state index contributed by atoms with van der Waals surface area (Å²) in [5, 5.41) is 13.5. The maximum atomic E-state index is 12.0. The van der Waals surface area contributed by atoms with E-state index in [4.69, 9.17) is 4.74 Å². The predicted molar refractivity (Wildman–Crippen MR) is 75.2 cm³/mol. The molecular weight excluding hydrogens is 262 g/mol. The van der Waals surface area contributed by atoms with Crippen LogP contribution < -0.4 is 10.1 Å². The third-order valence-corrected chi connectivity index (χ3v) is 2.71. The SMILES string of the molecule is COc1ccc([N+](=O)[O-])cc1C(=O)NCCCN(C)C. The second-order valence-corrected chi connectivity index (χ2v) is 4.55. The van der Waals surface area contributed by atoms with Crippen LogP contribution in [0, 0.1) is 10.1 Å². The lowest BCUT2D eigenvalue weighted by molar-refractivity contribution is -0.384. The van der Waals surface area contributed by atoms with E-state index in [1.807, 2.05) is 19.0 Å². The molecule has 0 atom stereocenters. The lowest BCUT2D eigenvalue weighted by Crippen LogP contribution is -2.27. The second kappa shape index (κ2) is 7.44. The highest BCUT2D eigenvalue weighted by atomic mass is 16.6. The second-order valence-electron chi connectivity index (χ2n) is 4.55. The first-order chi connectivity index (χ1) is 9.45. The summed E-state index contributed by atoms with van der Waals surface area (Å²) in [6.45, 7) is 1.36. The van der Waals surface area contributed by atoms with Gasteiger partial charge in [0, 0.05) is 18.7 Å². The number of carbonyl (C=O) groups is 1. The van der Waals surface area contributed by atoms with Gasteiger partial charge in [-0.2, -0.15) is 0 Å². The summed E-state index contributed by atoms with van der Waals surface area (Å²) in [6, 6.07) is 3.95. The van der Waals surface area contributed by atoms with Crippen LogP contribution in [0.25, 0.3) is 0 Å². The van der Waals surface area contributed by atoms with Gasteiger partial charge in [0.05, 0.1) is 17.6 Å². The number of nitro benzene ring substituents is 1. The Labute approximate surface area is 117 Å². The fraction of sp³-hybridized carbons (Fsp3) is 0.462. The van der Waals surface area contributed by atoms with Crippen molar-refractivity contribution >= 4 is 11.6 Å². The Hall–Kier alpha value is -2.15. The topological polar surface area (TPSA) is 84.7 Å². The van der Waals surface area contributed by atoms with E-state index in [9.17, 15) is 14.9 Å². The molecule has 110 valence electrons. The van der Waals surface area contributed by atoms with Gasteiger partial charge >= 0.3 is 0 Å². The zero-order chi connectivity index (χ0) is 15.1. The van der Waals surface area contributed by atoms with Crippen molar-refractivity contribution in [2.24, 2.45) is 0 Å². The molecular formula is C13H19N3O4. The molecule has 0 saturated carbocycles. The van der Waals surface area contributed by atoms with Crippen LogP contribution in [-0.4, -0.2) is 50.0 Å². The molecule has 0 bridgehead atoms. The van der Waals surface area contributed by atoms with E-state index in [0.717, 1.165) is 13.0 Å². The largest absolute Gasteiger partial charge is 0.496 e. The van der Waals surface area contributed by atoms with Crippen LogP contribution in [0.5, 0.6) is 5.75 Å². The Balaban J connectivity index is 2.74. The van der Waals surface area contributed by atoms with Crippen LogP contribution in [0.15, 0.2) is 18.2 Å². The molecule has 1 N–H and O–H groups in total. The van der Waals surface area contributed by atoms with E-state index >= 15 is 0 Å². The van der Waals surface area contributed by atoms with Crippen molar-refractivity contribution in [3.8, 4) is 5.75 Å². The molecule has 0 radical (unpaired) electrons. The quantitative estimate of drug-likeness (QED) is 0.462. The van der Waals surface area contributed by atoms with E-state index in [1.165, 1.54) is 25.3 Å². The maximum Gasteiger partial charge on any atom is 0.270 e. The summed E-state index contributed by atoms with van der Waals surface area (Å²) < 4.78 is 5.05. The molecule has 0 unspecified atom stereocenters. The molecule has 1 rings (SSSR count). The average molecular weight is 281 g/mol. The van der Waals surface area contributed by atoms with Crippen LogP contribution >= 0.6 is 0 Å². The summed E-state index contributed by atoms with van der Waals surface area (Å²) in [6.07, 6.45) is 0.802. The van der Waals surface area contributed by atoms with Crippen LogP contribution in [0.1, 0.15) is 16.8 Å². The van der Waals surface area contributed by atoms with Gasteiger partial charge in [0.1, 0.15) is 5.75 Å². The van der Waals surface area contributed by atoms with E-state index in [2.05, 4.69) is 5.32 Å². The number of nitrogens with zero attached hydrogens (tertiary/aromatic N) is 2. The summed E-state index contributed by atoms with van der Waals surface area (Å²) in [5.74, 6) is -0.0509. The molecule has 1 aromatic carbocycles. The monoisotopic (exact) mass is 281 g/mol. The van der Waals surface area contributed by atoms with Gasteiger partial charge in [-0.15, -0.1) is 0 Å². The molecule has 0 aliphatic rings. The van der Waals surface area contributed by atoms with Gasteiger partial charge in [-0.05, 0) is 33.1 Å². The van der Waals surface area contributed by atoms with Crippen molar-refractivity contribution in [1.29, 1.82) is 0 Å². The number of hydrogen-bond donors (Lipinski definition) is 1. The van der Waals surface area contributed by atoms with Gasteiger partial charge in [-0.25, -0.2) is 0 Å². The Kier molecular flexibility index (Phi) is 5.92. The van der Waals surface area contributed by atoms with Crippen molar-refractivity contribution in [3.63, 3.8) is 0 Å². The molecule has 0 fully saturated rings. The van der Waals surface area contributed by atoms with Gasteiger partial charge in [-0.1, -0.05) is 0 Å². The minimum atomic E-state index is -0.539. The van der Waals surface area contributed by atoms with Gasteiger partial charge in [0.2, 0.25) is 0 Å². The molecule has 7 heteroatoms. The van der Waals surface area contributed by atoms with Crippen molar-refractivity contribution in [2.75, 3.05) is 34.3 Å². The zero-order valence-electron chi connectivity index (χ0n) is 11.9. The first-order valence-corrected chi connectivity index (χ1v) is 6.21. The van der Waals surface area contributed by atoms with Crippen LogP contribution in [0.4, 0.5) is 5.69 Å². The Morgan fingerprint density at radius 2 is 2.15 bits per heavy atom. The number of ether oxygens (including phenoxy) is 1. The standard InChI is InChI=1S/C13H19N3O4/c1-15(2)8-4-7-14-13(17)11-9-10(16(18)19)5-6-12(11)20-3/h5-6,9H,4,7-8H2,1-3H3,(H,14,17). The van der Waals surface area contributed by atoms with Gasteiger partial charge in [-0.3, -0.25) is 14.9 Å². The third kappa shape index (κ3) is 4.51. The summed E-state index contributed by atoms with van der Waals surface area (Å²) in [5.41, 5.74) is 0.0378. The summed E-state index contributed by atoms with van der Waals surface area (Å²) in [4.78, 5) is 24.2. The minimum Gasteiger partial charge on any atom is -0.496 e. The smallest absolute Gasteiger partial charge is 0.270 e. The number of methoxy groups -OCH3 is 1. The third-order valence-electron chi connectivity index (χ3n) is 2.71. The number of rotatable bonds is 7. The van der Waals surface area contributed by atoms with E-state index in [-0.39, 0.29) is 17.2 Å². The molecule has 20 heavy (non-hydrogen) atoms. The van der Waals surface area contributed by atoms with Crippen molar-refractivity contribution in [2.45, 2.75) is 6.42 Å². The van der Waals surface area contributed by atoms with Gasteiger partial charge in [0.25, 0.3) is 11.6 Å². The Bertz CT molecular complexity index is 489. The van der Waals surface area contributed by atoms with Crippen molar-refractivity contribution in [1.82, 2.24) is 10.2 Å². The number of non-ortho nitro benzene ring substituents is 1. The Morgan fingerprint density at radius 1 is 1.45 bits per heavy atom. The Morgan fingerprint density at radius 3 is 2.70 bits per heavy atom. The van der Waals surface area contributed by atoms with Crippen LogP contribution in [0.3, 0.4) is 0 Å². The number of nitro groups is 1. The van der Waals surface area contributed by atoms with Crippen molar-refractivity contribution in [3.05, 3.63) is 33.9 Å². The molecule has 0 saturated heterocycles. The molecule has 0 aromatic heterocycles.